The highest BCUT2D eigenvalue weighted by Crippen LogP contribution is 2.29. The van der Waals surface area contributed by atoms with Crippen molar-refractivity contribution >= 4 is 5.69 Å². The normalized spacial score (nSPS) is 16.1. The minimum Gasteiger partial charge on any atom is -0.367 e. The first-order chi connectivity index (χ1) is 6.83. The summed E-state index contributed by atoms with van der Waals surface area (Å²) in [6.45, 7) is 3.17. The van der Waals surface area contributed by atoms with Crippen LogP contribution in [0.1, 0.15) is 18.9 Å². The van der Waals surface area contributed by atoms with E-state index in [1.165, 1.54) is 11.3 Å². The van der Waals surface area contributed by atoms with E-state index in [9.17, 15) is 0 Å². The van der Waals surface area contributed by atoms with Crippen LogP contribution < -0.4 is 4.90 Å². The molecule has 1 atom stereocenters. The molecule has 0 saturated carbocycles. The monoisotopic (exact) mass is 186 g/mol. The third kappa shape index (κ3) is 1.46. The molecule has 0 bridgehead atoms. The minimum absolute atomic E-state index is 0.337. The first-order valence-corrected chi connectivity index (χ1v) is 5.04. The molecule has 0 radical (unpaired) electrons. The molecule has 0 aromatic heterocycles. The Balaban J connectivity index is 2.22. The van der Waals surface area contributed by atoms with Crippen LogP contribution in [-0.2, 0) is 6.42 Å². The highest BCUT2D eigenvalue weighted by molar-refractivity contribution is 5.58. The average Bonchev–Trinajstić information content (AvgIpc) is 2.61. The fourth-order valence-corrected chi connectivity index (χ4v) is 2.06. The number of para-hydroxylation sites is 1. The van der Waals surface area contributed by atoms with Crippen molar-refractivity contribution in [1.29, 1.82) is 5.26 Å². The summed E-state index contributed by atoms with van der Waals surface area (Å²) in [5.41, 5.74) is 2.73. The largest absolute Gasteiger partial charge is 0.367 e. The Morgan fingerprint density at radius 1 is 1.50 bits per heavy atom. The summed E-state index contributed by atoms with van der Waals surface area (Å²) in [4.78, 5) is 2.33. The second kappa shape index (κ2) is 3.71. The average molecular weight is 186 g/mol. The zero-order valence-corrected chi connectivity index (χ0v) is 8.40. The molecule has 2 nitrogen and oxygen atoms in total. The van der Waals surface area contributed by atoms with Gasteiger partial charge in [0, 0.05) is 18.3 Å². The topological polar surface area (TPSA) is 27.0 Å². The summed E-state index contributed by atoms with van der Waals surface area (Å²) >= 11 is 0. The SMILES string of the molecule is CC(CC#N)N1CCc2ccccc21. The van der Waals surface area contributed by atoms with Gasteiger partial charge in [-0.2, -0.15) is 5.26 Å². The van der Waals surface area contributed by atoms with E-state index < -0.39 is 0 Å². The fourth-order valence-electron chi connectivity index (χ4n) is 2.06. The van der Waals surface area contributed by atoms with Crippen LogP contribution in [0, 0.1) is 11.3 Å². The van der Waals surface area contributed by atoms with E-state index in [1.54, 1.807) is 0 Å². The van der Waals surface area contributed by atoms with E-state index in [0.29, 0.717) is 12.5 Å². The maximum Gasteiger partial charge on any atom is 0.0643 e. The van der Waals surface area contributed by atoms with Crippen molar-refractivity contribution in [2.45, 2.75) is 25.8 Å². The van der Waals surface area contributed by atoms with Crippen molar-refractivity contribution in [2.24, 2.45) is 0 Å². The van der Waals surface area contributed by atoms with E-state index in [1.807, 2.05) is 0 Å². The molecule has 14 heavy (non-hydrogen) atoms. The van der Waals surface area contributed by atoms with Gasteiger partial charge in [0.05, 0.1) is 12.5 Å². The van der Waals surface area contributed by atoms with Crippen molar-refractivity contribution in [3.63, 3.8) is 0 Å². The molecule has 1 heterocycles. The van der Waals surface area contributed by atoms with Crippen LogP contribution in [0.5, 0.6) is 0 Å². The lowest BCUT2D eigenvalue weighted by Crippen LogP contribution is -2.30. The summed E-state index contributed by atoms with van der Waals surface area (Å²) < 4.78 is 0. The number of hydrogen-bond donors (Lipinski definition) is 0. The van der Waals surface area contributed by atoms with Crippen LogP contribution in [-0.4, -0.2) is 12.6 Å². The van der Waals surface area contributed by atoms with Gasteiger partial charge in [-0.25, -0.2) is 0 Å². The maximum absolute atomic E-state index is 8.67. The number of fused-ring (bicyclic) bond motifs is 1. The molecule has 0 amide bonds. The van der Waals surface area contributed by atoms with Gasteiger partial charge >= 0.3 is 0 Å². The molecule has 1 unspecified atom stereocenters. The minimum atomic E-state index is 0.337. The van der Waals surface area contributed by atoms with Gasteiger partial charge in [0.15, 0.2) is 0 Å². The molecule has 1 aliphatic rings. The highest BCUT2D eigenvalue weighted by Gasteiger charge is 2.22. The van der Waals surface area contributed by atoms with Crippen molar-refractivity contribution in [3.05, 3.63) is 29.8 Å². The standard InChI is InChI=1S/C12H14N2/c1-10(6-8-13)14-9-7-11-4-2-3-5-12(11)14/h2-5,10H,6-7,9H2,1H3. The molecule has 0 N–H and O–H groups in total. The van der Waals surface area contributed by atoms with Gasteiger partial charge in [-0.1, -0.05) is 18.2 Å². The lowest BCUT2D eigenvalue weighted by Gasteiger charge is -2.25. The van der Waals surface area contributed by atoms with Gasteiger partial charge < -0.3 is 4.90 Å². The van der Waals surface area contributed by atoms with Crippen molar-refractivity contribution in [2.75, 3.05) is 11.4 Å². The Bertz CT molecular complexity index is 365. The molecule has 72 valence electrons. The zero-order chi connectivity index (χ0) is 9.97. The molecule has 0 spiro atoms. The summed E-state index contributed by atoms with van der Waals surface area (Å²) in [5.74, 6) is 0. The van der Waals surface area contributed by atoms with Crippen LogP contribution in [0.3, 0.4) is 0 Å². The Kier molecular flexibility index (Phi) is 2.41. The number of hydrogen-bond acceptors (Lipinski definition) is 2. The quantitative estimate of drug-likeness (QED) is 0.709. The lowest BCUT2D eigenvalue weighted by atomic mass is 10.1. The molecule has 1 aromatic carbocycles. The Labute approximate surface area is 84.8 Å². The van der Waals surface area contributed by atoms with Gasteiger partial charge in [0.1, 0.15) is 0 Å². The van der Waals surface area contributed by atoms with Crippen LogP contribution >= 0.6 is 0 Å². The number of rotatable bonds is 2. The highest BCUT2D eigenvalue weighted by atomic mass is 15.2. The molecule has 0 aliphatic carbocycles. The van der Waals surface area contributed by atoms with Gasteiger partial charge in [-0.05, 0) is 25.0 Å². The van der Waals surface area contributed by atoms with E-state index in [2.05, 4.69) is 42.2 Å². The Hall–Kier alpha value is -1.49. The number of benzene rings is 1. The first kappa shape index (κ1) is 9.08. The van der Waals surface area contributed by atoms with E-state index >= 15 is 0 Å². The molecule has 2 rings (SSSR count). The van der Waals surface area contributed by atoms with Gasteiger partial charge in [0.25, 0.3) is 0 Å². The Morgan fingerprint density at radius 2 is 2.29 bits per heavy atom. The summed E-state index contributed by atoms with van der Waals surface area (Å²) in [7, 11) is 0. The molecule has 0 saturated heterocycles. The van der Waals surface area contributed by atoms with Gasteiger partial charge in [0.2, 0.25) is 0 Å². The fraction of sp³-hybridized carbons (Fsp3) is 0.417. The Morgan fingerprint density at radius 3 is 3.07 bits per heavy atom. The van der Waals surface area contributed by atoms with Crippen molar-refractivity contribution in [3.8, 4) is 6.07 Å². The predicted molar refractivity (Wildman–Crippen MR) is 57.2 cm³/mol. The smallest absolute Gasteiger partial charge is 0.0643 e. The molecule has 1 aromatic rings. The van der Waals surface area contributed by atoms with Crippen LogP contribution in [0.25, 0.3) is 0 Å². The van der Waals surface area contributed by atoms with Crippen LogP contribution in [0.4, 0.5) is 5.69 Å². The number of nitriles is 1. The second-order valence-electron chi connectivity index (χ2n) is 3.78. The lowest BCUT2D eigenvalue weighted by molar-refractivity contribution is 0.668. The molecule has 2 heteroatoms. The van der Waals surface area contributed by atoms with E-state index in [0.717, 1.165) is 13.0 Å². The third-order valence-corrected chi connectivity index (χ3v) is 2.84. The van der Waals surface area contributed by atoms with Gasteiger partial charge in [-0.15, -0.1) is 0 Å². The van der Waals surface area contributed by atoms with Gasteiger partial charge in [-0.3, -0.25) is 0 Å². The van der Waals surface area contributed by atoms with E-state index in [-0.39, 0.29) is 0 Å². The zero-order valence-electron chi connectivity index (χ0n) is 8.40. The second-order valence-corrected chi connectivity index (χ2v) is 3.78. The van der Waals surface area contributed by atoms with Crippen LogP contribution in [0.2, 0.25) is 0 Å². The number of nitrogens with zero attached hydrogens (tertiary/aromatic N) is 2. The van der Waals surface area contributed by atoms with Crippen molar-refractivity contribution in [1.82, 2.24) is 0 Å². The molecule has 0 fully saturated rings. The molecular weight excluding hydrogens is 172 g/mol. The van der Waals surface area contributed by atoms with E-state index in [4.69, 9.17) is 5.26 Å². The maximum atomic E-state index is 8.67. The third-order valence-electron chi connectivity index (χ3n) is 2.84. The molecular formula is C12H14N2. The predicted octanol–water partition coefficient (Wildman–Crippen LogP) is 2.35. The van der Waals surface area contributed by atoms with Crippen LogP contribution in [0.15, 0.2) is 24.3 Å². The summed E-state index contributed by atoms with van der Waals surface area (Å²) in [6, 6.07) is 11.0. The number of anilines is 1. The first-order valence-electron chi connectivity index (χ1n) is 5.04. The summed E-state index contributed by atoms with van der Waals surface area (Å²) in [5, 5.41) is 8.67. The van der Waals surface area contributed by atoms with Crippen molar-refractivity contribution < 1.29 is 0 Å². The molecule has 1 aliphatic heterocycles. The summed E-state index contributed by atoms with van der Waals surface area (Å²) in [6.07, 6.45) is 1.72.